The summed E-state index contributed by atoms with van der Waals surface area (Å²) in [4.78, 5) is 26.9. The van der Waals surface area contributed by atoms with E-state index in [0.29, 0.717) is 11.8 Å². The molecule has 5 rings (SSSR count). The normalized spacial score (nSPS) is 22.0. The van der Waals surface area contributed by atoms with Crippen molar-refractivity contribution in [2.24, 2.45) is 5.41 Å². The summed E-state index contributed by atoms with van der Waals surface area (Å²) in [5, 5.41) is 13.6. The lowest BCUT2D eigenvalue weighted by Crippen LogP contribution is -2.60. The molecule has 0 fully saturated rings. The number of hydrogen-bond donors (Lipinski definition) is 1. The number of ether oxygens (including phenoxy) is 1. The topological polar surface area (TPSA) is 63.6 Å². The second-order valence-corrected chi connectivity index (χ2v) is 8.63. The quantitative estimate of drug-likeness (QED) is 0.202. The molecule has 0 saturated carbocycles. The van der Waals surface area contributed by atoms with E-state index in [1.54, 1.807) is 12.1 Å². The van der Waals surface area contributed by atoms with E-state index in [2.05, 4.69) is 0 Å². The molecule has 1 aliphatic rings. The Morgan fingerprint density at radius 3 is 2.21 bits per heavy atom. The molecule has 1 N–H and O–H groups in total. The molecule has 0 bridgehead atoms. The number of rotatable bonds is 6. The van der Waals surface area contributed by atoms with E-state index in [4.69, 9.17) is 4.74 Å². The van der Waals surface area contributed by atoms with Gasteiger partial charge in [-0.15, -0.1) is 0 Å². The molecule has 4 nitrogen and oxygen atoms in total. The minimum Gasteiger partial charge on any atom is -0.364 e. The molecule has 0 amide bonds. The number of benzene rings is 4. The van der Waals surface area contributed by atoms with Crippen LogP contribution < -0.4 is 0 Å². The van der Waals surface area contributed by atoms with E-state index in [-0.39, 0.29) is 19.4 Å². The van der Waals surface area contributed by atoms with Gasteiger partial charge in [0.2, 0.25) is 0 Å². The highest BCUT2D eigenvalue weighted by molar-refractivity contribution is 6.16. The molecule has 4 heteroatoms. The highest BCUT2D eigenvalue weighted by Crippen LogP contribution is 2.46. The fourth-order valence-corrected chi connectivity index (χ4v) is 4.82. The number of fused-ring (bicyclic) bond motifs is 2. The van der Waals surface area contributed by atoms with Crippen LogP contribution in [0.15, 0.2) is 97.1 Å². The number of hydrogen-bond acceptors (Lipinski definition) is 4. The Hall–Kier alpha value is -3.60. The van der Waals surface area contributed by atoms with Crippen LogP contribution in [0.4, 0.5) is 0 Å². The summed E-state index contributed by atoms with van der Waals surface area (Å²) in [5.74, 6) is -2.42. The molecule has 0 saturated heterocycles. The average molecular weight is 437 g/mol. The Morgan fingerprint density at radius 2 is 1.45 bits per heavy atom. The lowest BCUT2D eigenvalue weighted by atomic mass is 9.64. The van der Waals surface area contributed by atoms with Crippen LogP contribution in [0.3, 0.4) is 0 Å². The molecule has 0 heterocycles. The van der Waals surface area contributed by atoms with Crippen LogP contribution in [-0.4, -0.2) is 23.0 Å². The highest BCUT2D eigenvalue weighted by atomic mass is 16.6. The zero-order valence-electron chi connectivity index (χ0n) is 18.1. The van der Waals surface area contributed by atoms with Crippen molar-refractivity contribution < 1.29 is 19.4 Å². The number of Topliss-reactive ketones (excluding diaryl/α,β-unsaturated/α-hetero) is 1. The van der Waals surface area contributed by atoms with Crippen molar-refractivity contribution in [2.75, 3.05) is 0 Å². The lowest BCUT2D eigenvalue weighted by Gasteiger charge is -2.46. The largest absolute Gasteiger partial charge is 0.364 e. The van der Waals surface area contributed by atoms with Gasteiger partial charge in [-0.1, -0.05) is 97.1 Å². The summed E-state index contributed by atoms with van der Waals surface area (Å²) in [5.41, 5.74) is 1.21. The number of ketones is 1. The van der Waals surface area contributed by atoms with E-state index >= 15 is 0 Å². The standard InChI is InChI=1S/C29H24O4/c30-20-28(27(31)26-16-8-14-22-11-6-7-15-25(22)26)17-23-12-4-5-13-24(23)18-29(28,32)33-19-21-9-2-1-3-10-21/h1-16,20,32H,17-19H2. The van der Waals surface area contributed by atoms with Gasteiger partial charge < -0.3 is 14.6 Å². The van der Waals surface area contributed by atoms with Crippen molar-refractivity contribution in [3.63, 3.8) is 0 Å². The lowest BCUT2D eigenvalue weighted by molar-refractivity contribution is -0.258. The molecule has 2 atom stereocenters. The van der Waals surface area contributed by atoms with Gasteiger partial charge in [-0.05, 0) is 33.9 Å². The first-order valence-corrected chi connectivity index (χ1v) is 11.0. The number of carbonyl (C=O) groups excluding carboxylic acids is 2. The Morgan fingerprint density at radius 1 is 0.818 bits per heavy atom. The van der Waals surface area contributed by atoms with Crippen LogP contribution in [0.1, 0.15) is 27.0 Å². The number of carbonyl (C=O) groups is 2. The van der Waals surface area contributed by atoms with Gasteiger partial charge in [0.15, 0.2) is 11.6 Å². The van der Waals surface area contributed by atoms with Gasteiger partial charge in [0, 0.05) is 12.0 Å². The van der Waals surface area contributed by atoms with Gasteiger partial charge in [-0.2, -0.15) is 0 Å². The second kappa shape index (κ2) is 8.39. The van der Waals surface area contributed by atoms with Crippen LogP contribution in [0, 0.1) is 5.41 Å². The van der Waals surface area contributed by atoms with Crippen LogP contribution >= 0.6 is 0 Å². The Bertz CT molecular complexity index is 1320. The van der Waals surface area contributed by atoms with Crippen LogP contribution in [0.25, 0.3) is 10.8 Å². The van der Waals surface area contributed by atoms with E-state index in [1.165, 1.54) is 0 Å². The molecule has 2 unspecified atom stereocenters. The van der Waals surface area contributed by atoms with E-state index in [9.17, 15) is 14.7 Å². The predicted octanol–water partition coefficient (Wildman–Crippen LogP) is 4.91. The van der Waals surface area contributed by atoms with E-state index < -0.39 is 17.0 Å². The molecular formula is C29H24O4. The van der Waals surface area contributed by atoms with Gasteiger partial charge in [-0.3, -0.25) is 4.79 Å². The molecule has 0 aromatic heterocycles. The van der Waals surface area contributed by atoms with Crippen molar-refractivity contribution in [2.45, 2.75) is 25.2 Å². The monoisotopic (exact) mass is 436 g/mol. The fraction of sp³-hybridized carbons (Fsp3) is 0.172. The Kier molecular flexibility index (Phi) is 5.41. The van der Waals surface area contributed by atoms with Gasteiger partial charge in [0.1, 0.15) is 11.7 Å². The molecule has 0 spiro atoms. The minimum absolute atomic E-state index is 0.0469. The summed E-state index contributed by atoms with van der Waals surface area (Å²) >= 11 is 0. The highest BCUT2D eigenvalue weighted by Gasteiger charge is 2.60. The second-order valence-electron chi connectivity index (χ2n) is 8.63. The van der Waals surface area contributed by atoms with Gasteiger partial charge in [0.25, 0.3) is 0 Å². The Labute approximate surface area is 192 Å². The van der Waals surface area contributed by atoms with Crippen molar-refractivity contribution in [3.8, 4) is 0 Å². The van der Waals surface area contributed by atoms with E-state index in [1.807, 2.05) is 84.9 Å². The Balaban J connectivity index is 1.64. The summed E-state index contributed by atoms with van der Waals surface area (Å²) in [6.07, 6.45) is 0.712. The van der Waals surface area contributed by atoms with Crippen LogP contribution in [0.2, 0.25) is 0 Å². The average Bonchev–Trinajstić information content (AvgIpc) is 2.87. The zero-order chi connectivity index (χ0) is 22.9. The third-order valence-electron chi connectivity index (χ3n) is 6.68. The minimum atomic E-state index is -1.99. The van der Waals surface area contributed by atoms with Crippen molar-refractivity contribution in [1.82, 2.24) is 0 Å². The van der Waals surface area contributed by atoms with Gasteiger partial charge >= 0.3 is 0 Å². The smallest absolute Gasteiger partial charge is 0.190 e. The van der Waals surface area contributed by atoms with E-state index in [0.717, 1.165) is 27.5 Å². The number of aliphatic hydroxyl groups is 1. The van der Waals surface area contributed by atoms with Gasteiger partial charge in [-0.25, -0.2) is 0 Å². The molecule has 33 heavy (non-hydrogen) atoms. The van der Waals surface area contributed by atoms with Crippen molar-refractivity contribution in [3.05, 3.63) is 119 Å². The fourth-order valence-electron chi connectivity index (χ4n) is 4.82. The zero-order valence-corrected chi connectivity index (χ0v) is 18.1. The van der Waals surface area contributed by atoms with Crippen LogP contribution in [-0.2, 0) is 29.0 Å². The summed E-state index contributed by atoms with van der Waals surface area (Å²) in [6.45, 7) is 0.0813. The molecule has 164 valence electrons. The molecular weight excluding hydrogens is 412 g/mol. The third-order valence-corrected chi connectivity index (χ3v) is 6.68. The van der Waals surface area contributed by atoms with Crippen LogP contribution in [0.5, 0.6) is 0 Å². The maximum atomic E-state index is 14.1. The molecule has 4 aromatic carbocycles. The molecule has 0 radical (unpaired) electrons. The SMILES string of the molecule is O=CC1(C(=O)c2cccc3ccccc23)Cc2ccccc2CC1(O)OCc1ccccc1. The van der Waals surface area contributed by atoms with Gasteiger partial charge in [0.05, 0.1) is 6.61 Å². The first-order chi connectivity index (χ1) is 16.1. The first kappa shape index (κ1) is 21.3. The summed E-state index contributed by atoms with van der Waals surface area (Å²) < 4.78 is 6.08. The summed E-state index contributed by atoms with van der Waals surface area (Å²) in [6, 6.07) is 30.0. The maximum absolute atomic E-state index is 14.1. The third kappa shape index (κ3) is 3.58. The number of aldehydes is 1. The van der Waals surface area contributed by atoms with Crippen molar-refractivity contribution in [1.29, 1.82) is 0 Å². The van der Waals surface area contributed by atoms with Crippen molar-refractivity contribution >= 4 is 22.8 Å². The predicted molar refractivity (Wildman–Crippen MR) is 127 cm³/mol. The molecule has 0 aliphatic heterocycles. The summed E-state index contributed by atoms with van der Waals surface area (Å²) in [7, 11) is 0. The maximum Gasteiger partial charge on any atom is 0.190 e. The first-order valence-electron chi connectivity index (χ1n) is 11.0. The molecule has 4 aromatic rings. The molecule has 1 aliphatic carbocycles.